The lowest BCUT2D eigenvalue weighted by atomic mass is 10.1. The van der Waals surface area contributed by atoms with Crippen LogP contribution in [0.1, 0.15) is 30.4 Å². The number of aliphatic carboxylic acids is 1. The molecule has 1 amide bonds. The molecule has 14 nitrogen and oxygen atoms in total. The van der Waals surface area contributed by atoms with E-state index in [4.69, 9.17) is 15.2 Å². The topological polar surface area (TPSA) is 195 Å². The maximum atomic E-state index is 12.4. The fourth-order valence-corrected chi connectivity index (χ4v) is 3.98. The maximum Gasteiger partial charge on any atom is 0.392 e. The molecule has 210 valence electrons. The molecule has 1 aliphatic rings. The first kappa shape index (κ1) is 29.6. The first-order valence-corrected chi connectivity index (χ1v) is 13.4. The van der Waals surface area contributed by atoms with Crippen molar-refractivity contribution < 1.29 is 29.1 Å². The Bertz CT molecular complexity index is 1260. The Morgan fingerprint density at radius 2 is 2.00 bits per heavy atom. The number of carboxylic acid groups (broad SMARTS) is 1. The van der Waals surface area contributed by atoms with Gasteiger partial charge in [-0.15, -0.1) is 0 Å². The van der Waals surface area contributed by atoms with Gasteiger partial charge in [0, 0.05) is 26.2 Å². The molecule has 1 unspecified atom stereocenters. The molecule has 0 saturated carbocycles. The van der Waals surface area contributed by atoms with Crippen LogP contribution in [-0.4, -0.2) is 88.7 Å². The van der Waals surface area contributed by atoms with Crippen molar-refractivity contribution in [3.63, 3.8) is 0 Å². The molecule has 0 bridgehead atoms. The number of nitrogens with one attached hydrogen (secondary N) is 1. The van der Waals surface area contributed by atoms with Gasteiger partial charge in [-0.1, -0.05) is 11.8 Å². The third-order valence-corrected chi connectivity index (χ3v) is 6.14. The lowest BCUT2D eigenvalue weighted by molar-refractivity contribution is -0.387. The molecule has 39 heavy (non-hydrogen) atoms. The van der Waals surface area contributed by atoms with Gasteiger partial charge < -0.3 is 30.5 Å². The van der Waals surface area contributed by atoms with Gasteiger partial charge in [0.1, 0.15) is 11.6 Å². The Morgan fingerprint density at radius 1 is 1.26 bits per heavy atom. The van der Waals surface area contributed by atoms with Crippen LogP contribution >= 0.6 is 11.8 Å². The van der Waals surface area contributed by atoms with E-state index in [0.717, 1.165) is 11.8 Å². The zero-order valence-electron chi connectivity index (χ0n) is 21.9. The second-order valence-electron chi connectivity index (χ2n) is 8.75. The average Bonchev–Trinajstić information content (AvgIpc) is 3.42. The Balaban J connectivity index is 2.05. The SMILES string of the molecule is CSc1nc(Oc2cc(CC(=O)N(C)C)cc(C3=NCCN3)c2)c([N+](=O)[O-])c(OC(CCCCN)C(=O)O)n1. The van der Waals surface area contributed by atoms with Crippen molar-refractivity contribution in [1.82, 2.24) is 20.2 Å². The third-order valence-electron chi connectivity index (χ3n) is 5.60. The average molecular weight is 562 g/mol. The van der Waals surface area contributed by atoms with Crippen molar-refractivity contribution in [1.29, 1.82) is 0 Å². The quantitative estimate of drug-likeness (QED) is 0.0997. The van der Waals surface area contributed by atoms with Crippen molar-refractivity contribution in [2.75, 3.05) is 40.0 Å². The van der Waals surface area contributed by atoms with E-state index in [2.05, 4.69) is 20.3 Å². The number of aliphatic imine (C=N–C) groups is 1. The minimum Gasteiger partial charge on any atom is -0.479 e. The number of amidine groups is 1. The third kappa shape index (κ3) is 8.00. The van der Waals surface area contributed by atoms with E-state index < -0.39 is 34.4 Å². The van der Waals surface area contributed by atoms with Crippen LogP contribution in [-0.2, 0) is 16.0 Å². The second kappa shape index (κ2) is 13.7. The molecule has 1 aromatic carbocycles. The number of benzene rings is 1. The summed E-state index contributed by atoms with van der Waals surface area (Å²) in [4.78, 5) is 49.6. The number of hydrogen-bond acceptors (Lipinski definition) is 12. The van der Waals surface area contributed by atoms with Gasteiger partial charge in [-0.25, -0.2) is 4.79 Å². The fourth-order valence-electron chi connectivity index (χ4n) is 3.63. The van der Waals surface area contributed by atoms with Gasteiger partial charge in [-0.2, -0.15) is 9.97 Å². The van der Waals surface area contributed by atoms with Gasteiger partial charge in [-0.3, -0.25) is 19.9 Å². The molecule has 3 rings (SSSR count). The lowest BCUT2D eigenvalue weighted by Crippen LogP contribution is -2.28. The van der Waals surface area contributed by atoms with Gasteiger partial charge in [0.05, 0.1) is 17.9 Å². The molecule has 0 aliphatic carbocycles. The number of rotatable bonds is 14. The van der Waals surface area contributed by atoms with Gasteiger partial charge in [0.2, 0.25) is 5.91 Å². The second-order valence-corrected chi connectivity index (χ2v) is 9.52. The van der Waals surface area contributed by atoms with E-state index in [-0.39, 0.29) is 29.7 Å². The largest absolute Gasteiger partial charge is 0.479 e. The summed E-state index contributed by atoms with van der Waals surface area (Å²) in [6.45, 7) is 1.60. The lowest BCUT2D eigenvalue weighted by Gasteiger charge is -2.16. The van der Waals surface area contributed by atoms with Crippen LogP contribution in [0.5, 0.6) is 17.5 Å². The van der Waals surface area contributed by atoms with E-state index in [1.54, 1.807) is 38.6 Å². The van der Waals surface area contributed by atoms with Gasteiger partial charge in [-0.05, 0) is 55.8 Å². The predicted octanol–water partition coefficient (Wildman–Crippen LogP) is 1.84. The fraction of sp³-hybridized carbons (Fsp3) is 0.458. The highest BCUT2D eigenvalue weighted by atomic mass is 32.2. The van der Waals surface area contributed by atoms with E-state index >= 15 is 0 Å². The number of likely N-dealkylation sites (N-methyl/N-ethyl adjacent to an activating group) is 1. The van der Waals surface area contributed by atoms with Crippen LogP contribution in [0.2, 0.25) is 0 Å². The minimum absolute atomic E-state index is 0.0594. The van der Waals surface area contributed by atoms with E-state index in [0.29, 0.717) is 49.4 Å². The Kier molecular flexibility index (Phi) is 10.4. The number of ether oxygens (including phenoxy) is 2. The standard InChI is InChI=1S/C24H31N7O7S/c1-30(2)18(32)12-14-10-15(20-26-8-9-27-20)13-16(11-14)37-21-19(31(35)36)22(29-24(28-21)39-3)38-17(23(33)34)6-4-5-7-25/h10-11,13,17H,4-9,12,25H2,1-3H3,(H,26,27)(H,33,34). The molecule has 15 heteroatoms. The van der Waals surface area contributed by atoms with Crippen LogP contribution in [0.15, 0.2) is 28.3 Å². The van der Waals surface area contributed by atoms with Crippen LogP contribution in [0.25, 0.3) is 0 Å². The van der Waals surface area contributed by atoms with Crippen molar-refractivity contribution in [3.05, 3.63) is 39.4 Å². The first-order chi connectivity index (χ1) is 18.6. The van der Waals surface area contributed by atoms with Crippen LogP contribution in [0.4, 0.5) is 5.69 Å². The van der Waals surface area contributed by atoms with Crippen LogP contribution in [0.3, 0.4) is 0 Å². The number of nitro groups is 1. The minimum atomic E-state index is -1.38. The molecular formula is C24H31N7O7S. The Labute approximate surface area is 229 Å². The Morgan fingerprint density at radius 3 is 2.59 bits per heavy atom. The maximum absolute atomic E-state index is 12.4. The highest BCUT2D eigenvalue weighted by Crippen LogP contribution is 2.39. The molecule has 1 atom stereocenters. The number of thioether (sulfide) groups is 1. The zero-order chi connectivity index (χ0) is 28.5. The molecule has 1 aromatic heterocycles. The van der Waals surface area contributed by atoms with E-state index in [1.807, 2.05) is 0 Å². The molecule has 0 spiro atoms. The smallest absolute Gasteiger partial charge is 0.392 e. The predicted molar refractivity (Wildman–Crippen MR) is 144 cm³/mol. The molecule has 1 aliphatic heterocycles. The molecule has 4 N–H and O–H groups in total. The monoisotopic (exact) mass is 561 g/mol. The van der Waals surface area contributed by atoms with Gasteiger partial charge in [0.15, 0.2) is 11.3 Å². The van der Waals surface area contributed by atoms with Crippen molar-refractivity contribution in [2.45, 2.75) is 36.9 Å². The summed E-state index contributed by atoms with van der Waals surface area (Å²) >= 11 is 1.08. The van der Waals surface area contributed by atoms with Crippen molar-refractivity contribution >= 4 is 35.2 Å². The molecule has 0 saturated heterocycles. The Hall–Kier alpha value is -3.98. The number of nitrogens with two attached hydrogens (primary N) is 1. The summed E-state index contributed by atoms with van der Waals surface area (Å²) in [5.41, 5.74) is 6.01. The van der Waals surface area contributed by atoms with Crippen molar-refractivity contribution in [2.24, 2.45) is 10.7 Å². The normalized spacial score (nSPS) is 13.3. The van der Waals surface area contributed by atoms with Crippen molar-refractivity contribution in [3.8, 4) is 17.5 Å². The molecule has 2 aromatic rings. The van der Waals surface area contributed by atoms with Crippen LogP contribution in [0, 0.1) is 10.1 Å². The highest BCUT2D eigenvalue weighted by Gasteiger charge is 2.32. The number of nitrogens with zero attached hydrogens (tertiary/aromatic N) is 5. The van der Waals surface area contributed by atoms with Gasteiger partial charge >= 0.3 is 23.4 Å². The summed E-state index contributed by atoms with van der Waals surface area (Å²) in [5, 5.41) is 25.0. The molecule has 0 fully saturated rings. The summed E-state index contributed by atoms with van der Waals surface area (Å²) in [7, 11) is 3.28. The molecule has 2 heterocycles. The molecular weight excluding hydrogens is 530 g/mol. The van der Waals surface area contributed by atoms with Crippen LogP contribution < -0.4 is 20.5 Å². The summed E-state index contributed by atoms with van der Waals surface area (Å²) < 4.78 is 11.5. The number of carbonyl (C=O) groups excluding carboxylic acids is 1. The zero-order valence-corrected chi connectivity index (χ0v) is 22.7. The van der Waals surface area contributed by atoms with Gasteiger partial charge in [0.25, 0.3) is 0 Å². The number of amides is 1. The number of carboxylic acids is 1. The number of carbonyl (C=O) groups is 2. The number of unbranched alkanes of at least 4 members (excludes halogenated alkanes) is 1. The van der Waals surface area contributed by atoms with E-state index in [9.17, 15) is 24.8 Å². The first-order valence-electron chi connectivity index (χ1n) is 12.1. The summed E-state index contributed by atoms with van der Waals surface area (Å²) in [6.07, 6.45) is 1.43. The summed E-state index contributed by atoms with van der Waals surface area (Å²) in [6, 6.07) is 5.00. The number of aromatic nitrogens is 2. The van der Waals surface area contributed by atoms with E-state index in [1.165, 1.54) is 4.90 Å². The highest BCUT2D eigenvalue weighted by molar-refractivity contribution is 7.98. The molecule has 0 radical (unpaired) electrons. The summed E-state index contributed by atoms with van der Waals surface area (Å²) in [5.74, 6) is -1.61. The number of hydrogen-bond donors (Lipinski definition) is 3.